The maximum Gasteiger partial charge on any atom is -0.0134 e. The summed E-state index contributed by atoms with van der Waals surface area (Å²) in [4.78, 5) is 0. The van der Waals surface area contributed by atoms with Gasteiger partial charge in [-0.05, 0) is 42.2 Å². The molecule has 1 saturated carbocycles. The van der Waals surface area contributed by atoms with E-state index in [0.717, 1.165) is 18.3 Å². The second kappa shape index (κ2) is 4.83. The molecule has 0 saturated heterocycles. The smallest absolute Gasteiger partial charge is 0.0134 e. The summed E-state index contributed by atoms with van der Waals surface area (Å²) in [5.41, 5.74) is 3.04. The first-order chi connectivity index (χ1) is 7.35. The normalized spacial score (nSPS) is 25.7. The second-order valence-corrected chi connectivity index (χ2v) is 4.80. The van der Waals surface area contributed by atoms with Gasteiger partial charge < -0.3 is 0 Å². The Labute approximate surface area is 93.7 Å². The van der Waals surface area contributed by atoms with E-state index < -0.39 is 0 Å². The fourth-order valence-corrected chi connectivity index (χ4v) is 2.96. The predicted molar refractivity (Wildman–Crippen MR) is 66.2 cm³/mol. The fourth-order valence-electron chi connectivity index (χ4n) is 2.96. The molecule has 0 heterocycles. The lowest BCUT2D eigenvalue weighted by Crippen LogP contribution is -2.04. The average Bonchev–Trinajstić information content (AvgIpc) is 2.77. The molecule has 2 unspecified atom stereocenters. The van der Waals surface area contributed by atoms with Crippen LogP contribution in [0, 0.1) is 5.92 Å². The molecule has 0 heteroatoms. The van der Waals surface area contributed by atoms with Crippen molar-refractivity contribution in [2.24, 2.45) is 5.92 Å². The van der Waals surface area contributed by atoms with Crippen molar-refractivity contribution in [1.29, 1.82) is 0 Å². The maximum atomic E-state index is 2.36. The number of benzene rings is 1. The van der Waals surface area contributed by atoms with Crippen molar-refractivity contribution in [2.75, 3.05) is 0 Å². The molecule has 0 spiro atoms. The molecule has 0 amide bonds. The van der Waals surface area contributed by atoms with E-state index in [1.807, 2.05) is 0 Å². The van der Waals surface area contributed by atoms with Crippen molar-refractivity contribution in [3.8, 4) is 0 Å². The molecule has 1 aromatic carbocycles. The number of hydrogen-bond acceptors (Lipinski definition) is 0. The van der Waals surface area contributed by atoms with E-state index in [1.54, 1.807) is 5.56 Å². The minimum Gasteiger partial charge on any atom is -0.0651 e. The van der Waals surface area contributed by atoms with Gasteiger partial charge in [0.15, 0.2) is 0 Å². The number of rotatable bonds is 3. The predicted octanol–water partition coefficient (Wildman–Crippen LogP) is 4.54. The molecule has 0 aliphatic heterocycles. The molecule has 1 aromatic rings. The molecule has 0 bridgehead atoms. The van der Waals surface area contributed by atoms with E-state index in [9.17, 15) is 0 Å². The van der Waals surface area contributed by atoms with Crippen LogP contribution in [0.15, 0.2) is 24.3 Å². The Morgan fingerprint density at radius 3 is 2.40 bits per heavy atom. The van der Waals surface area contributed by atoms with Crippen molar-refractivity contribution >= 4 is 0 Å². The molecular weight excluding hydrogens is 180 g/mol. The van der Waals surface area contributed by atoms with Gasteiger partial charge in [0.05, 0.1) is 0 Å². The first kappa shape index (κ1) is 10.7. The second-order valence-electron chi connectivity index (χ2n) is 4.80. The van der Waals surface area contributed by atoms with Gasteiger partial charge in [-0.3, -0.25) is 0 Å². The van der Waals surface area contributed by atoms with Crippen LogP contribution in [0.4, 0.5) is 0 Å². The van der Waals surface area contributed by atoms with Gasteiger partial charge in [-0.25, -0.2) is 0 Å². The van der Waals surface area contributed by atoms with Crippen LogP contribution in [-0.2, 0) is 6.42 Å². The van der Waals surface area contributed by atoms with Crippen LogP contribution in [-0.4, -0.2) is 0 Å². The summed E-state index contributed by atoms with van der Waals surface area (Å²) in [6.45, 7) is 4.56. The third kappa shape index (κ3) is 2.25. The monoisotopic (exact) mass is 202 g/mol. The molecule has 0 radical (unpaired) electrons. The standard InChI is InChI=1S/C15H22/c1-3-12-8-10-14(11-9-12)15-7-5-6-13(15)4-2/h8-11,13,15H,3-7H2,1-2H3. The molecule has 15 heavy (non-hydrogen) atoms. The van der Waals surface area contributed by atoms with Gasteiger partial charge in [0.1, 0.15) is 0 Å². The van der Waals surface area contributed by atoms with Crippen LogP contribution in [0.1, 0.15) is 56.6 Å². The molecule has 0 N–H and O–H groups in total. The van der Waals surface area contributed by atoms with Gasteiger partial charge >= 0.3 is 0 Å². The maximum absolute atomic E-state index is 2.36. The van der Waals surface area contributed by atoms with Crippen molar-refractivity contribution in [3.63, 3.8) is 0 Å². The number of hydrogen-bond donors (Lipinski definition) is 0. The van der Waals surface area contributed by atoms with E-state index in [4.69, 9.17) is 0 Å². The lowest BCUT2D eigenvalue weighted by molar-refractivity contribution is 0.469. The molecule has 1 fully saturated rings. The number of aryl methyl sites for hydroxylation is 1. The Bertz CT molecular complexity index is 296. The summed E-state index contributed by atoms with van der Waals surface area (Å²) >= 11 is 0. The largest absolute Gasteiger partial charge is 0.0651 e. The molecule has 1 aliphatic rings. The highest BCUT2D eigenvalue weighted by molar-refractivity contribution is 5.26. The summed E-state index contributed by atoms with van der Waals surface area (Å²) < 4.78 is 0. The first-order valence-corrected chi connectivity index (χ1v) is 6.44. The van der Waals surface area contributed by atoms with Gasteiger partial charge in [0.25, 0.3) is 0 Å². The van der Waals surface area contributed by atoms with Crippen molar-refractivity contribution in [1.82, 2.24) is 0 Å². The lowest BCUT2D eigenvalue weighted by atomic mass is 9.87. The van der Waals surface area contributed by atoms with Gasteiger partial charge in [-0.2, -0.15) is 0 Å². The minimum atomic E-state index is 0.848. The van der Waals surface area contributed by atoms with Crippen molar-refractivity contribution < 1.29 is 0 Å². The minimum absolute atomic E-state index is 0.848. The highest BCUT2D eigenvalue weighted by Gasteiger charge is 2.26. The van der Waals surface area contributed by atoms with E-state index in [1.165, 1.54) is 31.2 Å². The zero-order valence-corrected chi connectivity index (χ0v) is 10.00. The summed E-state index contributed by atoms with van der Waals surface area (Å²) in [6, 6.07) is 9.33. The summed E-state index contributed by atoms with van der Waals surface area (Å²) in [6.07, 6.45) is 6.78. The summed E-state index contributed by atoms with van der Waals surface area (Å²) in [7, 11) is 0. The van der Waals surface area contributed by atoms with Crippen molar-refractivity contribution in [3.05, 3.63) is 35.4 Å². The van der Waals surface area contributed by atoms with Crippen LogP contribution in [0.3, 0.4) is 0 Å². The van der Waals surface area contributed by atoms with Crippen LogP contribution in [0.25, 0.3) is 0 Å². The van der Waals surface area contributed by atoms with E-state index in [0.29, 0.717) is 0 Å². The van der Waals surface area contributed by atoms with E-state index in [2.05, 4.69) is 38.1 Å². The van der Waals surface area contributed by atoms with Crippen LogP contribution < -0.4 is 0 Å². The fraction of sp³-hybridized carbons (Fsp3) is 0.600. The van der Waals surface area contributed by atoms with Crippen LogP contribution in [0.2, 0.25) is 0 Å². The quantitative estimate of drug-likeness (QED) is 0.675. The SMILES string of the molecule is CCc1ccc(C2CCCC2CC)cc1. The van der Waals surface area contributed by atoms with E-state index >= 15 is 0 Å². The van der Waals surface area contributed by atoms with Crippen molar-refractivity contribution in [2.45, 2.75) is 51.9 Å². The molecule has 1 aliphatic carbocycles. The Morgan fingerprint density at radius 2 is 1.80 bits per heavy atom. The Hall–Kier alpha value is -0.780. The molecular formula is C15H22. The first-order valence-electron chi connectivity index (χ1n) is 6.44. The van der Waals surface area contributed by atoms with Gasteiger partial charge in [0.2, 0.25) is 0 Å². The Balaban J connectivity index is 2.14. The molecule has 2 rings (SSSR count). The Morgan fingerprint density at radius 1 is 1.07 bits per heavy atom. The zero-order valence-electron chi connectivity index (χ0n) is 10.00. The molecule has 2 atom stereocenters. The van der Waals surface area contributed by atoms with Crippen LogP contribution in [0.5, 0.6) is 0 Å². The van der Waals surface area contributed by atoms with Gasteiger partial charge in [-0.1, -0.05) is 51.0 Å². The van der Waals surface area contributed by atoms with Gasteiger partial charge in [0, 0.05) is 0 Å². The lowest BCUT2D eigenvalue weighted by Gasteiger charge is -2.18. The third-order valence-corrected chi connectivity index (χ3v) is 4.00. The highest BCUT2D eigenvalue weighted by Crippen LogP contribution is 2.41. The third-order valence-electron chi connectivity index (χ3n) is 4.00. The van der Waals surface area contributed by atoms with Gasteiger partial charge in [-0.15, -0.1) is 0 Å². The highest BCUT2D eigenvalue weighted by atomic mass is 14.3. The molecule has 82 valence electrons. The topological polar surface area (TPSA) is 0 Å². The average molecular weight is 202 g/mol. The summed E-state index contributed by atoms with van der Waals surface area (Å²) in [5, 5.41) is 0. The summed E-state index contributed by atoms with van der Waals surface area (Å²) in [5.74, 6) is 1.79. The Kier molecular flexibility index (Phi) is 3.45. The zero-order chi connectivity index (χ0) is 10.7. The van der Waals surface area contributed by atoms with Crippen LogP contribution >= 0.6 is 0 Å². The molecule has 0 aromatic heterocycles. The molecule has 0 nitrogen and oxygen atoms in total. The van der Waals surface area contributed by atoms with E-state index in [-0.39, 0.29) is 0 Å².